The summed E-state index contributed by atoms with van der Waals surface area (Å²) in [7, 11) is 0.241. The smallest absolute Gasteiger partial charge is 0.216 e. The molecule has 0 aliphatic carbocycles. The highest BCUT2D eigenvalue weighted by Gasteiger charge is 2.24. The summed E-state index contributed by atoms with van der Waals surface area (Å²) in [6, 6.07) is 5.73. The largest absolute Gasteiger partial charge is 0.496 e. The molecule has 1 aromatic carbocycles. The first-order chi connectivity index (χ1) is 13.5. The van der Waals surface area contributed by atoms with Gasteiger partial charge in [-0.05, 0) is 39.0 Å². The third-order valence-electron chi connectivity index (χ3n) is 4.87. The van der Waals surface area contributed by atoms with Crippen molar-refractivity contribution in [3.05, 3.63) is 46.8 Å². The number of rotatable bonds is 5. The highest BCUT2D eigenvalue weighted by atomic mass is 32.2. The predicted molar refractivity (Wildman–Crippen MR) is 109 cm³/mol. The van der Waals surface area contributed by atoms with Crippen LogP contribution in [0.15, 0.2) is 34.5 Å². The van der Waals surface area contributed by atoms with Crippen molar-refractivity contribution in [2.75, 3.05) is 20.3 Å². The number of aliphatic imine (C=N–C) groups is 1. The van der Waals surface area contributed by atoms with Crippen LogP contribution in [0.5, 0.6) is 5.75 Å². The van der Waals surface area contributed by atoms with Crippen molar-refractivity contribution >= 4 is 27.7 Å². The van der Waals surface area contributed by atoms with Crippen LogP contribution in [-0.2, 0) is 15.5 Å². The summed E-state index contributed by atoms with van der Waals surface area (Å²) in [4.78, 5) is 16.6. The zero-order chi connectivity index (χ0) is 19.8. The molecule has 0 fully saturated rings. The first kappa shape index (κ1) is 18.6. The Morgan fingerprint density at radius 3 is 2.86 bits per heavy atom. The molecule has 7 nitrogen and oxygen atoms in total. The van der Waals surface area contributed by atoms with Crippen LogP contribution in [0.4, 0.5) is 0 Å². The molecular formula is C20H22N4O3S. The van der Waals surface area contributed by atoms with Crippen LogP contribution in [0, 0.1) is 13.8 Å². The van der Waals surface area contributed by atoms with Crippen molar-refractivity contribution in [3.8, 4) is 5.75 Å². The first-order valence-corrected chi connectivity index (χ1v) is 10.3. The van der Waals surface area contributed by atoms with Gasteiger partial charge < -0.3 is 14.5 Å². The molecule has 0 amide bonds. The molecule has 1 aliphatic rings. The van der Waals surface area contributed by atoms with Crippen LogP contribution >= 0.6 is 0 Å². The number of ether oxygens (including phenoxy) is 2. The van der Waals surface area contributed by atoms with Crippen molar-refractivity contribution in [1.82, 2.24) is 15.0 Å². The number of nitrogens with zero attached hydrogens (tertiary/aromatic N) is 3. The summed E-state index contributed by atoms with van der Waals surface area (Å²) in [5.41, 5.74) is 5.05. The molecule has 3 heterocycles. The zero-order valence-electron chi connectivity index (χ0n) is 16.3. The van der Waals surface area contributed by atoms with E-state index >= 15 is 0 Å². The van der Waals surface area contributed by atoms with Crippen LogP contribution in [0.25, 0.3) is 11.0 Å². The van der Waals surface area contributed by atoms with Gasteiger partial charge in [0.05, 0.1) is 46.4 Å². The van der Waals surface area contributed by atoms with E-state index in [1.807, 2.05) is 39.0 Å². The molecule has 0 saturated carbocycles. The van der Waals surface area contributed by atoms with E-state index in [1.165, 1.54) is 0 Å². The quantitative estimate of drug-likeness (QED) is 0.713. The minimum Gasteiger partial charge on any atom is -0.496 e. The Labute approximate surface area is 165 Å². The molecule has 146 valence electrons. The molecule has 1 N–H and O–H groups in total. The van der Waals surface area contributed by atoms with E-state index in [1.54, 1.807) is 13.3 Å². The number of aromatic nitrogens is 3. The average molecular weight is 398 g/mol. The second-order valence-electron chi connectivity index (χ2n) is 6.73. The molecule has 0 saturated heterocycles. The van der Waals surface area contributed by atoms with E-state index in [2.05, 4.69) is 19.9 Å². The molecule has 0 radical (unpaired) electrons. The highest BCUT2D eigenvalue weighted by Crippen LogP contribution is 2.32. The fourth-order valence-corrected chi connectivity index (χ4v) is 4.63. The van der Waals surface area contributed by atoms with Gasteiger partial charge in [0, 0.05) is 22.9 Å². The predicted octanol–water partition coefficient (Wildman–Crippen LogP) is 3.23. The SMILES string of the molecule is COc1c(C)cnc(C(C)S(=O)c2nc3ccc(C4=NCCO4)cc3[nH]2)c1C. The number of hydrogen-bond acceptors (Lipinski definition) is 6. The lowest BCUT2D eigenvalue weighted by Crippen LogP contribution is -2.10. The monoisotopic (exact) mass is 398 g/mol. The third kappa shape index (κ3) is 3.17. The number of pyridine rings is 1. The molecule has 8 heteroatoms. The van der Waals surface area contributed by atoms with Crippen LogP contribution in [-0.4, -0.2) is 45.3 Å². The van der Waals surface area contributed by atoms with E-state index in [0.29, 0.717) is 24.2 Å². The Morgan fingerprint density at radius 1 is 1.32 bits per heavy atom. The summed E-state index contributed by atoms with van der Waals surface area (Å²) in [5, 5.41) is 0.0896. The van der Waals surface area contributed by atoms with Gasteiger partial charge in [-0.3, -0.25) is 9.19 Å². The minimum atomic E-state index is -1.39. The number of aryl methyl sites for hydroxylation is 1. The maximum absolute atomic E-state index is 13.2. The molecule has 0 spiro atoms. The van der Waals surface area contributed by atoms with Gasteiger partial charge in [-0.1, -0.05) is 0 Å². The van der Waals surface area contributed by atoms with E-state index in [-0.39, 0.29) is 5.25 Å². The number of fused-ring (bicyclic) bond motifs is 1. The molecule has 2 atom stereocenters. The third-order valence-corrected chi connectivity index (χ3v) is 6.31. The van der Waals surface area contributed by atoms with Crippen molar-refractivity contribution in [1.29, 1.82) is 0 Å². The summed E-state index contributed by atoms with van der Waals surface area (Å²) in [6.07, 6.45) is 1.75. The number of nitrogens with one attached hydrogen (secondary N) is 1. The number of hydrogen-bond donors (Lipinski definition) is 1. The summed E-state index contributed by atoms with van der Waals surface area (Å²) >= 11 is 0. The number of benzene rings is 1. The van der Waals surface area contributed by atoms with Crippen molar-refractivity contribution in [2.24, 2.45) is 4.99 Å². The van der Waals surface area contributed by atoms with Crippen molar-refractivity contribution in [3.63, 3.8) is 0 Å². The molecule has 3 aromatic rings. The molecule has 2 unspecified atom stereocenters. The van der Waals surface area contributed by atoms with Gasteiger partial charge in [-0.2, -0.15) is 0 Å². The summed E-state index contributed by atoms with van der Waals surface area (Å²) < 4.78 is 24.2. The van der Waals surface area contributed by atoms with E-state index < -0.39 is 10.8 Å². The van der Waals surface area contributed by atoms with Gasteiger partial charge in [0.15, 0.2) is 5.16 Å². The Kier molecular flexibility index (Phi) is 4.89. The van der Waals surface area contributed by atoms with Crippen molar-refractivity contribution < 1.29 is 13.7 Å². The second-order valence-corrected chi connectivity index (χ2v) is 8.42. The van der Waals surface area contributed by atoms with Gasteiger partial charge in [0.1, 0.15) is 12.4 Å². The lowest BCUT2D eigenvalue weighted by atomic mass is 10.1. The van der Waals surface area contributed by atoms with E-state index in [4.69, 9.17) is 9.47 Å². The van der Waals surface area contributed by atoms with Gasteiger partial charge >= 0.3 is 0 Å². The standard InChI is InChI=1S/C20H22N4O3S/c1-11-10-22-17(12(2)18(11)26-4)13(3)28(25)20-23-15-6-5-14(9-16(15)24-20)19-21-7-8-27-19/h5-6,9-10,13H,7-8H2,1-4H3,(H,23,24). The maximum Gasteiger partial charge on any atom is 0.216 e. The lowest BCUT2D eigenvalue weighted by Gasteiger charge is -2.16. The Morgan fingerprint density at radius 2 is 2.14 bits per heavy atom. The molecule has 4 rings (SSSR count). The molecular weight excluding hydrogens is 376 g/mol. The Bertz CT molecular complexity index is 1110. The molecule has 2 aromatic heterocycles. The molecule has 1 aliphatic heterocycles. The van der Waals surface area contributed by atoms with Gasteiger partial charge in [0.25, 0.3) is 0 Å². The first-order valence-electron chi connectivity index (χ1n) is 9.07. The van der Waals surface area contributed by atoms with Gasteiger partial charge in [-0.25, -0.2) is 9.98 Å². The number of imidazole rings is 1. The van der Waals surface area contributed by atoms with Crippen molar-refractivity contribution in [2.45, 2.75) is 31.2 Å². The van der Waals surface area contributed by atoms with Crippen LogP contribution < -0.4 is 4.74 Å². The van der Waals surface area contributed by atoms with Crippen LogP contribution in [0.1, 0.15) is 34.6 Å². The maximum atomic E-state index is 13.2. The summed E-state index contributed by atoms with van der Waals surface area (Å²) in [6.45, 7) is 7.06. The molecule has 0 bridgehead atoms. The van der Waals surface area contributed by atoms with E-state index in [0.717, 1.165) is 39.2 Å². The van der Waals surface area contributed by atoms with Gasteiger partial charge in [-0.15, -0.1) is 0 Å². The number of aromatic amines is 1. The Balaban J connectivity index is 1.67. The van der Waals surface area contributed by atoms with E-state index in [9.17, 15) is 4.21 Å². The zero-order valence-corrected chi connectivity index (χ0v) is 17.1. The van der Waals surface area contributed by atoms with Gasteiger partial charge in [0.2, 0.25) is 5.90 Å². The fraction of sp³-hybridized carbons (Fsp3) is 0.350. The topological polar surface area (TPSA) is 89.5 Å². The Hall–Kier alpha value is -2.74. The number of H-pyrrole nitrogens is 1. The summed E-state index contributed by atoms with van der Waals surface area (Å²) in [5.74, 6) is 1.42. The van der Waals surface area contributed by atoms with Crippen LogP contribution in [0.3, 0.4) is 0 Å². The minimum absolute atomic E-state index is 0.336. The number of methoxy groups -OCH3 is 1. The highest BCUT2D eigenvalue weighted by molar-refractivity contribution is 7.85. The second kappa shape index (κ2) is 7.35. The molecule has 28 heavy (non-hydrogen) atoms. The van der Waals surface area contributed by atoms with Crippen LogP contribution in [0.2, 0.25) is 0 Å². The fourth-order valence-electron chi connectivity index (χ4n) is 3.45. The lowest BCUT2D eigenvalue weighted by molar-refractivity contribution is 0.348. The normalized spacial score (nSPS) is 15.9. The average Bonchev–Trinajstić information content (AvgIpc) is 3.36.